The van der Waals surface area contributed by atoms with E-state index in [-0.39, 0.29) is 6.10 Å². The molecule has 26 heavy (non-hydrogen) atoms. The molecule has 0 aromatic heterocycles. The van der Waals surface area contributed by atoms with Gasteiger partial charge in [-0.05, 0) is 49.3 Å². The molecule has 1 aliphatic carbocycles. The van der Waals surface area contributed by atoms with Crippen LogP contribution in [0.2, 0.25) is 0 Å². The Kier molecular flexibility index (Phi) is 6.95. The summed E-state index contributed by atoms with van der Waals surface area (Å²) in [4.78, 5) is 17.2. The quantitative estimate of drug-likeness (QED) is 0.731. The highest BCUT2D eigenvalue weighted by Gasteiger charge is 2.25. The Labute approximate surface area is 158 Å². The van der Waals surface area contributed by atoms with Crippen LogP contribution in [0.4, 0.5) is 5.69 Å². The lowest BCUT2D eigenvalue weighted by Gasteiger charge is -2.29. The maximum atomic E-state index is 13.0. The molecule has 1 atom stereocenters. The van der Waals surface area contributed by atoms with Crippen LogP contribution in [0.25, 0.3) is 0 Å². The molecule has 1 aromatic carbocycles. The van der Waals surface area contributed by atoms with E-state index in [1.807, 2.05) is 14.1 Å². The summed E-state index contributed by atoms with van der Waals surface area (Å²) in [5, 5.41) is 0. The van der Waals surface area contributed by atoms with Crippen LogP contribution in [0.1, 0.15) is 56.9 Å². The first-order valence-corrected chi connectivity index (χ1v) is 10.3. The molecule has 4 heteroatoms. The van der Waals surface area contributed by atoms with Crippen LogP contribution in [-0.4, -0.2) is 44.2 Å². The van der Waals surface area contributed by atoms with E-state index in [1.54, 1.807) is 0 Å². The fourth-order valence-corrected chi connectivity index (χ4v) is 4.18. The van der Waals surface area contributed by atoms with Gasteiger partial charge in [0, 0.05) is 45.9 Å². The summed E-state index contributed by atoms with van der Waals surface area (Å²) in [6.07, 6.45) is 9.47. The first-order chi connectivity index (χ1) is 12.6. The van der Waals surface area contributed by atoms with Crippen LogP contribution in [-0.2, 0) is 16.1 Å². The average Bonchev–Trinajstić information content (AvgIpc) is 3.15. The van der Waals surface area contributed by atoms with Crippen molar-refractivity contribution in [2.75, 3.05) is 32.1 Å². The van der Waals surface area contributed by atoms with Crippen LogP contribution in [0, 0.1) is 5.92 Å². The number of nitrogens with zero attached hydrogens (tertiary/aromatic N) is 2. The molecule has 144 valence electrons. The minimum atomic E-state index is 0.214. The first-order valence-electron chi connectivity index (χ1n) is 10.3. The van der Waals surface area contributed by atoms with Gasteiger partial charge in [-0.2, -0.15) is 0 Å². The number of amides is 1. The van der Waals surface area contributed by atoms with Gasteiger partial charge in [0.1, 0.15) is 0 Å². The molecule has 1 aromatic rings. The molecule has 0 radical (unpaired) electrons. The Bertz CT molecular complexity index is 558. The summed E-state index contributed by atoms with van der Waals surface area (Å²) >= 11 is 0. The highest BCUT2D eigenvalue weighted by molar-refractivity contribution is 5.76. The second-order valence-corrected chi connectivity index (χ2v) is 8.18. The number of anilines is 1. The summed E-state index contributed by atoms with van der Waals surface area (Å²) in [5.41, 5.74) is 2.39. The molecular formula is C22H34N2O2. The maximum absolute atomic E-state index is 13.0. The zero-order valence-corrected chi connectivity index (χ0v) is 16.5. The van der Waals surface area contributed by atoms with Gasteiger partial charge in [0.2, 0.25) is 5.91 Å². The summed E-state index contributed by atoms with van der Waals surface area (Å²) in [5.74, 6) is 0.892. The molecular weight excluding hydrogens is 324 g/mol. The molecule has 1 saturated heterocycles. The lowest BCUT2D eigenvalue weighted by Crippen LogP contribution is -2.38. The van der Waals surface area contributed by atoms with Gasteiger partial charge >= 0.3 is 0 Å². The molecule has 0 bridgehead atoms. The predicted molar refractivity (Wildman–Crippen MR) is 106 cm³/mol. The van der Waals surface area contributed by atoms with E-state index in [0.717, 1.165) is 26.0 Å². The van der Waals surface area contributed by atoms with Crippen molar-refractivity contribution in [3.05, 3.63) is 29.8 Å². The monoisotopic (exact) mass is 358 g/mol. The van der Waals surface area contributed by atoms with E-state index >= 15 is 0 Å². The fraction of sp³-hybridized carbons (Fsp3) is 0.682. The molecule has 4 nitrogen and oxygen atoms in total. The number of ether oxygens (including phenoxy) is 1. The van der Waals surface area contributed by atoms with E-state index < -0.39 is 0 Å². The van der Waals surface area contributed by atoms with Crippen LogP contribution < -0.4 is 4.90 Å². The first kappa shape index (κ1) is 19.2. The van der Waals surface area contributed by atoms with E-state index in [2.05, 4.69) is 34.1 Å². The Hall–Kier alpha value is -1.55. The molecule has 1 unspecified atom stereocenters. The van der Waals surface area contributed by atoms with E-state index in [0.29, 0.717) is 24.8 Å². The number of benzene rings is 1. The highest BCUT2D eigenvalue weighted by atomic mass is 16.5. The van der Waals surface area contributed by atoms with Crippen LogP contribution in [0.15, 0.2) is 24.3 Å². The van der Waals surface area contributed by atoms with Crippen LogP contribution in [0.3, 0.4) is 0 Å². The number of carbonyl (C=O) groups excluding carboxylic acids is 1. The van der Waals surface area contributed by atoms with Crippen molar-refractivity contribution >= 4 is 11.6 Å². The third-order valence-corrected chi connectivity index (χ3v) is 5.81. The van der Waals surface area contributed by atoms with Crippen molar-refractivity contribution in [3.8, 4) is 0 Å². The average molecular weight is 359 g/mol. The van der Waals surface area contributed by atoms with Crippen molar-refractivity contribution in [1.82, 2.24) is 4.90 Å². The van der Waals surface area contributed by atoms with E-state index in [9.17, 15) is 4.79 Å². The topological polar surface area (TPSA) is 32.8 Å². The van der Waals surface area contributed by atoms with Gasteiger partial charge in [0.25, 0.3) is 0 Å². The zero-order chi connectivity index (χ0) is 18.4. The smallest absolute Gasteiger partial charge is 0.223 e. The minimum absolute atomic E-state index is 0.214. The van der Waals surface area contributed by atoms with Gasteiger partial charge in [0.05, 0.1) is 6.10 Å². The minimum Gasteiger partial charge on any atom is -0.378 e. The maximum Gasteiger partial charge on any atom is 0.223 e. The lowest BCUT2D eigenvalue weighted by molar-refractivity contribution is -0.134. The van der Waals surface area contributed by atoms with E-state index in [4.69, 9.17) is 4.74 Å². The van der Waals surface area contributed by atoms with E-state index in [1.165, 1.54) is 43.4 Å². The fourth-order valence-electron chi connectivity index (χ4n) is 4.18. The SMILES string of the molecule is CN(C)c1ccc(CN(CC2CCCO2)C(=O)CC2CCCCC2)cc1. The van der Waals surface area contributed by atoms with Gasteiger partial charge in [0.15, 0.2) is 0 Å². The van der Waals surface area contributed by atoms with Crippen LogP contribution >= 0.6 is 0 Å². The Morgan fingerprint density at radius 2 is 1.77 bits per heavy atom. The molecule has 1 amide bonds. The van der Waals surface area contributed by atoms with Gasteiger partial charge < -0.3 is 14.5 Å². The normalized spacial score (nSPS) is 20.9. The highest BCUT2D eigenvalue weighted by Crippen LogP contribution is 2.27. The molecule has 3 rings (SSSR count). The van der Waals surface area contributed by atoms with Crippen molar-refractivity contribution < 1.29 is 9.53 Å². The number of hydrogen-bond acceptors (Lipinski definition) is 3. The van der Waals surface area contributed by atoms with Crippen LogP contribution in [0.5, 0.6) is 0 Å². The Balaban J connectivity index is 1.64. The number of carbonyl (C=O) groups is 1. The molecule has 2 aliphatic rings. The van der Waals surface area contributed by atoms with Gasteiger partial charge in [-0.25, -0.2) is 0 Å². The second kappa shape index (κ2) is 9.40. The number of rotatable bonds is 7. The largest absolute Gasteiger partial charge is 0.378 e. The zero-order valence-electron chi connectivity index (χ0n) is 16.5. The summed E-state index contributed by atoms with van der Waals surface area (Å²) in [6, 6.07) is 8.55. The predicted octanol–water partition coefficient (Wildman–Crippen LogP) is 4.23. The van der Waals surface area contributed by atoms with Gasteiger partial charge in [-0.15, -0.1) is 0 Å². The third kappa shape index (κ3) is 5.47. The molecule has 0 N–H and O–H groups in total. The Morgan fingerprint density at radius 1 is 1.04 bits per heavy atom. The molecule has 0 spiro atoms. The summed E-state index contributed by atoms with van der Waals surface area (Å²) in [6.45, 7) is 2.27. The van der Waals surface area contributed by atoms with Crippen molar-refractivity contribution in [2.24, 2.45) is 5.92 Å². The Morgan fingerprint density at radius 3 is 2.38 bits per heavy atom. The number of hydrogen-bond donors (Lipinski definition) is 0. The summed E-state index contributed by atoms with van der Waals surface area (Å²) in [7, 11) is 4.10. The summed E-state index contributed by atoms with van der Waals surface area (Å²) < 4.78 is 5.81. The van der Waals surface area contributed by atoms with Gasteiger partial charge in [-0.3, -0.25) is 4.79 Å². The lowest BCUT2D eigenvalue weighted by atomic mass is 9.86. The third-order valence-electron chi connectivity index (χ3n) is 5.81. The second-order valence-electron chi connectivity index (χ2n) is 8.18. The molecule has 1 saturated carbocycles. The van der Waals surface area contributed by atoms with Crippen molar-refractivity contribution in [1.29, 1.82) is 0 Å². The molecule has 2 fully saturated rings. The van der Waals surface area contributed by atoms with Gasteiger partial charge in [-0.1, -0.05) is 31.4 Å². The molecule has 1 aliphatic heterocycles. The van der Waals surface area contributed by atoms with Crippen molar-refractivity contribution in [3.63, 3.8) is 0 Å². The standard InChI is InChI=1S/C22H34N2O2/c1-23(2)20-12-10-19(11-13-20)16-24(17-21-9-6-14-26-21)22(25)15-18-7-4-3-5-8-18/h10-13,18,21H,3-9,14-17H2,1-2H3. The molecule has 1 heterocycles. The van der Waals surface area contributed by atoms with Crippen molar-refractivity contribution in [2.45, 2.75) is 64.0 Å².